The SMILES string of the molecule is CCN(CCNC(=NC)NCc1cc(F)ccc1CS(C)(=O)=O)C1CC1.I. The Bertz CT molecular complexity index is 739. The summed E-state index contributed by atoms with van der Waals surface area (Å²) in [5.74, 6) is 0.125. The molecule has 2 rings (SSSR count). The lowest BCUT2D eigenvalue weighted by atomic mass is 10.1. The molecule has 1 saturated carbocycles. The number of aliphatic imine (C=N–C) groups is 1. The summed E-state index contributed by atoms with van der Waals surface area (Å²) in [7, 11) is -1.51. The zero-order valence-electron chi connectivity index (χ0n) is 16.2. The molecule has 0 aromatic heterocycles. The molecular formula is C18H30FIN4O2S. The van der Waals surface area contributed by atoms with E-state index in [1.165, 1.54) is 37.3 Å². The van der Waals surface area contributed by atoms with Crippen molar-refractivity contribution < 1.29 is 12.8 Å². The van der Waals surface area contributed by atoms with Crippen molar-refractivity contribution in [2.24, 2.45) is 4.99 Å². The van der Waals surface area contributed by atoms with Gasteiger partial charge in [0, 0.05) is 39.0 Å². The zero-order valence-corrected chi connectivity index (χ0v) is 19.3. The van der Waals surface area contributed by atoms with Crippen LogP contribution in [0.2, 0.25) is 0 Å². The molecule has 0 unspecified atom stereocenters. The van der Waals surface area contributed by atoms with Gasteiger partial charge in [0.1, 0.15) is 5.82 Å². The summed E-state index contributed by atoms with van der Waals surface area (Å²) in [6, 6.07) is 4.90. The molecule has 2 N–H and O–H groups in total. The summed E-state index contributed by atoms with van der Waals surface area (Å²) in [4.78, 5) is 6.62. The van der Waals surface area contributed by atoms with E-state index in [4.69, 9.17) is 0 Å². The molecule has 1 aliphatic rings. The van der Waals surface area contributed by atoms with Gasteiger partial charge in [-0.2, -0.15) is 0 Å². The van der Waals surface area contributed by atoms with Gasteiger partial charge in [-0.1, -0.05) is 13.0 Å². The molecule has 1 aromatic rings. The summed E-state index contributed by atoms with van der Waals surface area (Å²) in [5.41, 5.74) is 1.22. The van der Waals surface area contributed by atoms with Gasteiger partial charge in [-0.3, -0.25) is 9.89 Å². The monoisotopic (exact) mass is 512 g/mol. The summed E-state index contributed by atoms with van der Waals surface area (Å²) in [5, 5.41) is 6.39. The Morgan fingerprint density at radius 1 is 1.30 bits per heavy atom. The minimum Gasteiger partial charge on any atom is -0.355 e. The molecule has 0 atom stereocenters. The third-order valence-electron chi connectivity index (χ3n) is 4.42. The second kappa shape index (κ2) is 11.2. The number of benzene rings is 1. The fourth-order valence-corrected chi connectivity index (χ4v) is 3.78. The highest BCUT2D eigenvalue weighted by atomic mass is 127. The Labute approximate surface area is 178 Å². The second-order valence-electron chi connectivity index (χ2n) is 6.70. The van der Waals surface area contributed by atoms with Crippen molar-refractivity contribution in [2.75, 3.05) is 32.9 Å². The van der Waals surface area contributed by atoms with Gasteiger partial charge in [0.05, 0.1) is 5.75 Å². The van der Waals surface area contributed by atoms with Crippen LogP contribution < -0.4 is 10.6 Å². The molecule has 154 valence electrons. The molecular weight excluding hydrogens is 482 g/mol. The molecule has 27 heavy (non-hydrogen) atoms. The highest BCUT2D eigenvalue weighted by molar-refractivity contribution is 14.0. The van der Waals surface area contributed by atoms with E-state index in [0.717, 1.165) is 25.7 Å². The van der Waals surface area contributed by atoms with Crippen LogP contribution in [-0.4, -0.2) is 58.3 Å². The van der Waals surface area contributed by atoms with Gasteiger partial charge in [-0.25, -0.2) is 12.8 Å². The highest BCUT2D eigenvalue weighted by Crippen LogP contribution is 2.25. The van der Waals surface area contributed by atoms with Crippen LogP contribution in [0.15, 0.2) is 23.2 Å². The maximum atomic E-state index is 13.6. The molecule has 0 heterocycles. The largest absolute Gasteiger partial charge is 0.355 e. The normalized spacial score (nSPS) is 14.8. The number of hydrogen-bond acceptors (Lipinski definition) is 4. The van der Waals surface area contributed by atoms with Gasteiger partial charge in [0.2, 0.25) is 0 Å². The van der Waals surface area contributed by atoms with Crippen molar-refractivity contribution in [3.8, 4) is 0 Å². The Morgan fingerprint density at radius 2 is 2.00 bits per heavy atom. The molecule has 1 fully saturated rings. The second-order valence-corrected chi connectivity index (χ2v) is 8.84. The lowest BCUT2D eigenvalue weighted by Gasteiger charge is -2.21. The quantitative estimate of drug-likeness (QED) is 0.302. The van der Waals surface area contributed by atoms with Crippen molar-refractivity contribution in [1.82, 2.24) is 15.5 Å². The van der Waals surface area contributed by atoms with Gasteiger partial charge >= 0.3 is 0 Å². The van der Waals surface area contributed by atoms with Crippen LogP contribution in [0.1, 0.15) is 30.9 Å². The van der Waals surface area contributed by atoms with Gasteiger partial charge < -0.3 is 10.6 Å². The van der Waals surface area contributed by atoms with E-state index in [9.17, 15) is 12.8 Å². The Morgan fingerprint density at radius 3 is 2.56 bits per heavy atom. The summed E-state index contributed by atoms with van der Waals surface area (Å²) in [6.07, 6.45) is 3.74. The van der Waals surface area contributed by atoms with Crippen molar-refractivity contribution in [2.45, 2.75) is 38.1 Å². The number of guanidine groups is 1. The molecule has 6 nitrogen and oxygen atoms in total. The first-order valence-corrected chi connectivity index (χ1v) is 11.0. The predicted molar refractivity (Wildman–Crippen MR) is 119 cm³/mol. The summed E-state index contributed by atoms with van der Waals surface area (Å²) < 4.78 is 36.7. The zero-order chi connectivity index (χ0) is 19.2. The number of sulfone groups is 1. The highest BCUT2D eigenvalue weighted by Gasteiger charge is 2.27. The summed E-state index contributed by atoms with van der Waals surface area (Å²) in [6.45, 7) is 5.22. The van der Waals surface area contributed by atoms with Crippen LogP contribution in [0.4, 0.5) is 4.39 Å². The third kappa shape index (κ3) is 8.73. The number of likely N-dealkylation sites (N-methyl/N-ethyl adjacent to an activating group) is 1. The number of rotatable bonds is 9. The number of nitrogens with zero attached hydrogens (tertiary/aromatic N) is 2. The van der Waals surface area contributed by atoms with E-state index in [2.05, 4.69) is 27.4 Å². The molecule has 0 saturated heterocycles. The van der Waals surface area contributed by atoms with E-state index in [-0.39, 0.29) is 35.5 Å². The van der Waals surface area contributed by atoms with E-state index in [1.54, 1.807) is 7.05 Å². The first kappa shape index (κ1) is 24.1. The van der Waals surface area contributed by atoms with E-state index < -0.39 is 9.84 Å². The van der Waals surface area contributed by atoms with Crippen molar-refractivity contribution in [3.63, 3.8) is 0 Å². The van der Waals surface area contributed by atoms with E-state index in [1.807, 2.05) is 0 Å². The standard InChI is InChI=1S/C18H29FN4O2S.HI/c1-4-23(17-7-8-17)10-9-21-18(20-2)22-12-15-11-16(19)6-5-14(15)13-26(3,24)25;/h5-6,11,17H,4,7-10,12-13H2,1-3H3,(H2,20,21,22);1H. The molecule has 0 radical (unpaired) electrons. The maximum absolute atomic E-state index is 13.6. The maximum Gasteiger partial charge on any atom is 0.191 e. The molecule has 0 spiro atoms. The number of nitrogens with one attached hydrogen (secondary N) is 2. The number of halogens is 2. The van der Waals surface area contributed by atoms with E-state index >= 15 is 0 Å². The Balaban J connectivity index is 0.00000364. The number of hydrogen-bond donors (Lipinski definition) is 2. The molecule has 0 bridgehead atoms. The average Bonchev–Trinajstić information content (AvgIpc) is 3.40. The molecule has 1 aliphatic carbocycles. The van der Waals surface area contributed by atoms with Gasteiger partial charge in [0.15, 0.2) is 15.8 Å². The van der Waals surface area contributed by atoms with Crippen LogP contribution in [0.5, 0.6) is 0 Å². The van der Waals surface area contributed by atoms with Crippen LogP contribution in [0.3, 0.4) is 0 Å². The van der Waals surface area contributed by atoms with Crippen molar-refractivity contribution >= 4 is 39.8 Å². The van der Waals surface area contributed by atoms with Crippen LogP contribution in [0.25, 0.3) is 0 Å². The predicted octanol–water partition coefficient (Wildman–Crippen LogP) is 2.14. The lowest BCUT2D eigenvalue weighted by molar-refractivity contribution is 0.282. The van der Waals surface area contributed by atoms with Gasteiger partial charge in [-0.05, 0) is 42.6 Å². The van der Waals surface area contributed by atoms with Crippen LogP contribution in [-0.2, 0) is 22.1 Å². The average molecular weight is 512 g/mol. The van der Waals surface area contributed by atoms with Crippen molar-refractivity contribution in [1.29, 1.82) is 0 Å². The lowest BCUT2D eigenvalue weighted by Crippen LogP contribution is -2.41. The first-order valence-electron chi connectivity index (χ1n) is 8.96. The van der Waals surface area contributed by atoms with Crippen molar-refractivity contribution in [3.05, 3.63) is 35.1 Å². The third-order valence-corrected chi connectivity index (χ3v) is 5.25. The van der Waals surface area contributed by atoms with Gasteiger partial charge in [-0.15, -0.1) is 24.0 Å². The Kier molecular flexibility index (Phi) is 9.96. The smallest absolute Gasteiger partial charge is 0.191 e. The topological polar surface area (TPSA) is 73.8 Å². The molecule has 0 amide bonds. The minimum absolute atomic E-state index is 0. The molecule has 0 aliphatic heterocycles. The fraction of sp³-hybridized carbons (Fsp3) is 0.611. The summed E-state index contributed by atoms with van der Waals surface area (Å²) >= 11 is 0. The van der Waals surface area contributed by atoms with Crippen LogP contribution >= 0.6 is 24.0 Å². The molecule has 1 aromatic carbocycles. The van der Waals surface area contributed by atoms with Gasteiger partial charge in [0.25, 0.3) is 0 Å². The Hall–Kier alpha value is -0.940. The van der Waals surface area contributed by atoms with Crippen LogP contribution in [0, 0.1) is 5.82 Å². The van der Waals surface area contributed by atoms with E-state index in [0.29, 0.717) is 23.6 Å². The fourth-order valence-electron chi connectivity index (χ4n) is 2.94. The first-order chi connectivity index (χ1) is 12.3. The minimum atomic E-state index is -3.19. The molecule has 9 heteroatoms.